The van der Waals surface area contributed by atoms with Crippen LogP contribution in [0.1, 0.15) is 11.5 Å². The number of hydrogen-bond donors (Lipinski definition) is 1. The Morgan fingerprint density at radius 2 is 1.78 bits per heavy atom. The summed E-state index contributed by atoms with van der Waals surface area (Å²) in [6.45, 7) is 2.81. The molecule has 0 bridgehead atoms. The summed E-state index contributed by atoms with van der Waals surface area (Å²) in [6, 6.07) is 10.2. The molecule has 0 aliphatic rings. The van der Waals surface area contributed by atoms with Crippen LogP contribution >= 0.6 is 0 Å². The van der Waals surface area contributed by atoms with Crippen LogP contribution in [-0.2, 0) is 6.42 Å². The molecule has 0 radical (unpaired) electrons. The Kier molecular flexibility index (Phi) is 4.82. The van der Waals surface area contributed by atoms with E-state index in [4.69, 9.17) is 10.7 Å². The molecule has 2 N–H and O–H groups in total. The second kappa shape index (κ2) is 7.69. The van der Waals surface area contributed by atoms with Gasteiger partial charge in [-0.2, -0.15) is 4.52 Å². The number of hydrogen-bond acceptors (Lipinski definition) is 6. The van der Waals surface area contributed by atoms with E-state index in [1.54, 1.807) is 16.6 Å². The highest BCUT2D eigenvalue weighted by molar-refractivity contribution is 5.90. The molecule has 0 spiro atoms. The van der Waals surface area contributed by atoms with Crippen molar-refractivity contribution in [1.29, 1.82) is 0 Å². The van der Waals surface area contributed by atoms with E-state index in [1.807, 2.05) is 49.9 Å². The van der Waals surface area contributed by atoms with Crippen molar-refractivity contribution in [1.82, 2.24) is 33.9 Å². The number of nitrogens with zero attached hydrogens (tertiary/aromatic N) is 7. The lowest BCUT2D eigenvalue weighted by Crippen LogP contribution is -2.15. The lowest BCUT2D eigenvalue weighted by Gasteiger charge is -2.12. The van der Waals surface area contributed by atoms with Crippen LogP contribution in [0, 0.1) is 12.7 Å². The highest BCUT2D eigenvalue weighted by Crippen LogP contribution is 2.35. The van der Waals surface area contributed by atoms with Crippen molar-refractivity contribution in [3.8, 4) is 22.4 Å². The van der Waals surface area contributed by atoms with Gasteiger partial charge >= 0.3 is 0 Å². The third-order valence-corrected chi connectivity index (χ3v) is 5.43. The molecule has 5 aromatic rings. The number of nitrogen functional groups attached to an aromatic ring is 1. The molecule has 0 unspecified atom stereocenters. The zero-order chi connectivity index (χ0) is 22.4. The van der Waals surface area contributed by atoms with Gasteiger partial charge in [-0.15, -0.1) is 5.10 Å². The van der Waals surface area contributed by atoms with Crippen molar-refractivity contribution in [3.63, 3.8) is 0 Å². The zero-order valence-electron chi connectivity index (χ0n) is 18.1. The van der Waals surface area contributed by atoms with Crippen molar-refractivity contribution < 1.29 is 4.39 Å². The Morgan fingerprint density at radius 1 is 1.03 bits per heavy atom. The Labute approximate surface area is 184 Å². The van der Waals surface area contributed by atoms with Gasteiger partial charge in [0, 0.05) is 42.2 Å². The van der Waals surface area contributed by atoms with E-state index in [2.05, 4.69) is 20.0 Å². The molecular weight excluding hydrogens is 407 g/mol. The van der Waals surface area contributed by atoms with E-state index in [1.165, 1.54) is 12.1 Å². The van der Waals surface area contributed by atoms with Crippen LogP contribution < -0.4 is 5.73 Å². The predicted octanol–water partition coefficient (Wildman–Crippen LogP) is 3.24. The first kappa shape index (κ1) is 20.1. The number of imidazole rings is 1. The highest BCUT2D eigenvalue weighted by atomic mass is 19.1. The minimum absolute atomic E-state index is 0.228. The minimum Gasteiger partial charge on any atom is -0.368 e. The van der Waals surface area contributed by atoms with Crippen molar-refractivity contribution in [2.24, 2.45) is 0 Å². The maximum absolute atomic E-state index is 13.6. The third-order valence-electron chi connectivity index (χ3n) is 5.43. The standard InChI is InChI=1S/C23H23FN8/c1-14-12-26-19-9-6-16(13-31(14)19)20-21(15-4-7-17(24)8-5-15)28-23(25)32-22(20)27-18(29-32)10-11-30(2)3/h4-9,12-13H,10-11H2,1-3H3,(H2,25,28). The van der Waals surface area contributed by atoms with Crippen LogP contribution in [0.2, 0.25) is 0 Å². The lowest BCUT2D eigenvalue weighted by molar-refractivity contribution is 0.409. The summed E-state index contributed by atoms with van der Waals surface area (Å²) in [7, 11) is 4.01. The molecule has 9 heteroatoms. The van der Waals surface area contributed by atoms with Gasteiger partial charge in [-0.3, -0.25) is 0 Å². The topological polar surface area (TPSA) is 89.6 Å². The number of anilines is 1. The van der Waals surface area contributed by atoms with Gasteiger partial charge in [0.25, 0.3) is 0 Å². The van der Waals surface area contributed by atoms with E-state index in [-0.39, 0.29) is 11.8 Å². The van der Waals surface area contributed by atoms with Crippen LogP contribution in [0.4, 0.5) is 10.3 Å². The van der Waals surface area contributed by atoms with Gasteiger partial charge in [-0.1, -0.05) is 0 Å². The van der Waals surface area contributed by atoms with E-state index < -0.39 is 0 Å². The molecule has 1 aromatic carbocycles. The average molecular weight is 430 g/mol. The summed E-state index contributed by atoms with van der Waals surface area (Å²) < 4.78 is 17.2. The van der Waals surface area contributed by atoms with Crippen LogP contribution in [0.15, 0.2) is 48.8 Å². The Morgan fingerprint density at radius 3 is 2.53 bits per heavy atom. The Balaban J connectivity index is 1.79. The van der Waals surface area contributed by atoms with Crippen molar-refractivity contribution in [3.05, 3.63) is 66.1 Å². The largest absolute Gasteiger partial charge is 0.368 e. The molecule has 0 amide bonds. The Bertz CT molecular complexity index is 1430. The van der Waals surface area contributed by atoms with Crippen LogP contribution in [0.25, 0.3) is 33.7 Å². The quantitative estimate of drug-likeness (QED) is 0.460. The first-order valence-electron chi connectivity index (χ1n) is 10.3. The second-order valence-electron chi connectivity index (χ2n) is 8.06. The van der Waals surface area contributed by atoms with E-state index in [0.29, 0.717) is 23.6 Å². The fourth-order valence-corrected chi connectivity index (χ4v) is 3.76. The van der Waals surface area contributed by atoms with Gasteiger partial charge in [0.2, 0.25) is 5.95 Å². The van der Waals surface area contributed by atoms with E-state index in [9.17, 15) is 4.39 Å². The number of likely N-dealkylation sites (N-methyl/N-ethyl adjacent to an activating group) is 1. The summed E-state index contributed by atoms with van der Waals surface area (Å²) >= 11 is 0. The summed E-state index contributed by atoms with van der Waals surface area (Å²) in [6.07, 6.45) is 4.51. The molecule has 0 saturated carbocycles. The van der Waals surface area contributed by atoms with Gasteiger partial charge in [0.15, 0.2) is 11.5 Å². The molecule has 0 aliphatic carbocycles. The molecule has 0 fully saturated rings. The first-order valence-corrected chi connectivity index (χ1v) is 10.3. The molecule has 4 heterocycles. The number of aromatic nitrogens is 6. The van der Waals surface area contributed by atoms with Gasteiger partial charge in [0.05, 0.1) is 11.3 Å². The van der Waals surface area contributed by atoms with Crippen LogP contribution in [0.3, 0.4) is 0 Å². The molecule has 162 valence electrons. The smallest absolute Gasteiger partial charge is 0.223 e. The molecule has 0 saturated heterocycles. The molecule has 5 rings (SSSR count). The summed E-state index contributed by atoms with van der Waals surface area (Å²) in [5.74, 6) is 0.601. The normalized spacial score (nSPS) is 11.8. The summed E-state index contributed by atoms with van der Waals surface area (Å²) in [5, 5.41) is 4.60. The summed E-state index contributed by atoms with van der Waals surface area (Å²) in [4.78, 5) is 16.0. The number of fused-ring (bicyclic) bond motifs is 2. The van der Waals surface area contributed by atoms with Crippen LogP contribution in [0.5, 0.6) is 0 Å². The highest BCUT2D eigenvalue weighted by Gasteiger charge is 2.20. The molecule has 4 aromatic heterocycles. The van der Waals surface area contributed by atoms with Crippen molar-refractivity contribution in [2.45, 2.75) is 13.3 Å². The molecule has 32 heavy (non-hydrogen) atoms. The van der Waals surface area contributed by atoms with E-state index >= 15 is 0 Å². The fourth-order valence-electron chi connectivity index (χ4n) is 3.76. The minimum atomic E-state index is -0.312. The number of halogens is 1. The number of rotatable bonds is 5. The third kappa shape index (κ3) is 3.46. The number of pyridine rings is 1. The van der Waals surface area contributed by atoms with Gasteiger partial charge < -0.3 is 15.0 Å². The van der Waals surface area contributed by atoms with Gasteiger partial charge in [-0.25, -0.2) is 19.3 Å². The predicted molar refractivity (Wildman–Crippen MR) is 122 cm³/mol. The summed E-state index contributed by atoms with van der Waals surface area (Å²) in [5.41, 5.74) is 11.8. The monoisotopic (exact) mass is 430 g/mol. The van der Waals surface area contributed by atoms with Gasteiger partial charge in [0.1, 0.15) is 11.5 Å². The second-order valence-corrected chi connectivity index (χ2v) is 8.06. The zero-order valence-corrected chi connectivity index (χ0v) is 18.1. The molecule has 0 aliphatic heterocycles. The SMILES string of the molecule is Cc1cnc2ccc(-c3c(-c4ccc(F)cc4)nc(N)n4nc(CCN(C)C)nc34)cn12. The fraction of sp³-hybridized carbons (Fsp3) is 0.217. The Hall–Kier alpha value is -3.85. The first-order chi connectivity index (χ1) is 15.4. The molecule has 0 atom stereocenters. The van der Waals surface area contributed by atoms with Crippen molar-refractivity contribution in [2.75, 3.05) is 26.4 Å². The maximum Gasteiger partial charge on any atom is 0.223 e. The number of aryl methyl sites for hydroxylation is 1. The number of nitrogens with two attached hydrogens (primary N) is 1. The van der Waals surface area contributed by atoms with Crippen molar-refractivity contribution >= 4 is 17.2 Å². The number of benzene rings is 1. The molecule has 8 nitrogen and oxygen atoms in total. The average Bonchev–Trinajstić information content (AvgIpc) is 3.37. The lowest BCUT2D eigenvalue weighted by atomic mass is 10.0. The van der Waals surface area contributed by atoms with E-state index in [0.717, 1.165) is 34.6 Å². The van der Waals surface area contributed by atoms with Crippen LogP contribution in [-0.4, -0.2) is 54.5 Å². The van der Waals surface area contributed by atoms with Gasteiger partial charge in [-0.05, 0) is 57.4 Å². The molecular formula is C23H23FN8. The maximum atomic E-state index is 13.6.